The van der Waals surface area contributed by atoms with Crippen molar-refractivity contribution >= 4 is 17.7 Å². The van der Waals surface area contributed by atoms with Gasteiger partial charge in [0, 0.05) is 18.7 Å². The highest BCUT2D eigenvalue weighted by Crippen LogP contribution is 2.21. The van der Waals surface area contributed by atoms with Crippen LogP contribution in [0.3, 0.4) is 0 Å². The van der Waals surface area contributed by atoms with Crippen LogP contribution >= 0.6 is 0 Å². The Morgan fingerprint density at radius 3 is 2.24 bits per heavy atom. The molecule has 0 saturated heterocycles. The highest BCUT2D eigenvalue weighted by atomic mass is 16.4. The molecule has 21 heavy (non-hydrogen) atoms. The summed E-state index contributed by atoms with van der Waals surface area (Å²) in [6.45, 7) is 8.20. The Labute approximate surface area is 125 Å². The molecule has 116 valence electrons. The lowest BCUT2D eigenvalue weighted by atomic mass is 10.0. The Hall–Kier alpha value is -2.04. The van der Waals surface area contributed by atoms with Crippen molar-refractivity contribution in [2.24, 2.45) is 5.92 Å². The summed E-state index contributed by atoms with van der Waals surface area (Å²) in [5.41, 5.74) is 3.99. The van der Waals surface area contributed by atoms with E-state index in [0.29, 0.717) is 6.54 Å². The number of aliphatic carboxylic acids is 1. The number of carboxylic acids is 1. The van der Waals surface area contributed by atoms with Crippen LogP contribution in [0.15, 0.2) is 12.1 Å². The Balaban J connectivity index is 2.60. The lowest BCUT2D eigenvalue weighted by Gasteiger charge is -2.16. The van der Waals surface area contributed by atoms with E-state index in [1.54, 1.807) is 0 Å². The number of amides is 2. The molecule has 0 bridgehead atoms. The number of aryl methyl sites for hydroxylation is 3. The van der Waals surface area contributed by atoms with E-state index in [4.69, 9.17) is 5.11 Å². The van der Waals surface area contributed by atoms with Crippen LogP contribution in [0.1, 0.15) is 36.5 Å². The number of carbonyl (C=O) groups is 2. The molecule has 0 saturated carbocycles. The predicted molar refractivity (Wildman–Crippen MR) is 83.7 cm³/mol. The van der Waals surface area contributed by atoms with Gasteiger partial charge in [-0.3, -0.25) is 4.79 Å². The van der Waals surface area contributed by atoms with Crippen molar-refractivity contribution in [3.8, 4) is 0 Å². The molecule has 0 aliphatic heterocycles. The van der Waals surface area contributed by atoms with E-state index < -0.39 is 5.97 Å². The minimum Gasteiger partial charge on any atom is -0.481 e. The molecule has 1 rings (SSSR count). The van der Waals surface area contributed by atoms with Gasteiger partial charge in [-0.1, -0.05) is 31.0 Å². The number of carboxylic acid groups (broad SMARTS) is 1. The average Bonchev–Trinajstić information content (AvgIpc) is 2.38. The van der Waals surface area contributed by atoms with Crippen molar-refractivity contribution < 1.29 is 14.7 Å². The van der Waals surface area contributed by atoms with Crippen LogP contribution < -0.4 is 10.6 Å². The zero-order valence-electron chi connectivity index (χ0n) is 13.1. The normalized spacial score (nSPS) is 11.8. The molecule has 0 aliphatic rings. The molecule has 5 nitrogen and oxygen atoms in total. The molecule has 1 atom stereocenters. The summed E-state index contributed by atoms with van der Waals surface area (Å²) in [5.74, 6) is -0.886. The topological polar surface area (TPSA) is 78.4 Å². The third-order valence-electron chi connectivity index (χ3n) is 3.51. The SMILES string of the molecule is CCC(CNC(=O)Nc1c(C)cc(C)cc1C)CC(=O)O. The van der Waals surface area contributed by atoms with E-state index in [9.17, 15) is 9.59 Å². The van der Waals surface area contributed by atoms with Gasteiger partial charge in [0.25, 0.3) is 0 Å². The molecule has 0 radical (unpaired) electrons. The molecule has 2 amide bonds. The van der Waals surface area contributed by atoms with Gasteiger partial charge in [0.1, 0.15) is 0 Å². The van der Waals surface area contributed by atoms with Crippen molar-refractivity contribution in [3.05, 3.63) is 28.8 Å². The van der Waals surface area contributed by atoms with Crippen LogP contribution in [0, 0.1) is 26.7 Å². The van der Waals surface area contributed by atoms with Crippen molar-refractivity contribution in [3.63, 3.8) is 0 Å². The fourth-order valence-electron chi connectivity index (χ4n) is 2.38. The number of benzene rings is 1. The minimum absolute atomic E-state index is 0.0477. The van der Waals surface area contributed by atoms with Crippen LogP contribution in [0.4, 0.5) is 10.5 Å². The molecule has 0 aromatic heterocycles. The molecular formula is C16H24N2O3. The Morgan fingerprint density at radius 2 is 1.76 bits per heavy atom. The van der Waals surface area contributed by atoms with E-state index in [1.165, 1.54) is 0 Å². The summed E-state index contributed by atoms with van der Waals surface area (Å²) in [5, 5.41) is 14.4. The number of anilines is 1. The Morgan fingerprint density at radius 1 is 1.19 bits per heavy atom. The third kappa shape index (κ3) is 5.45. The fraction of sp³-hybridized carbons (Fsp3) is 0.500. The highest BCUT2D eigenvalue weighted by Gasteiger charge is 2.13. The summed E-state index contributed by atoms with van der Waals surface area (Å²) in [7, 11) is 0. The second-order valence-electron chi connectivity index (χ2n) is 5.48. The van der Waals surface area contributed by atoms with Gasteiger partial charge in [-0.15, -0.1) is 0 Å². The van der Waals surface area contributed by atoms with Gasteiger partial charge in [0.05, 0.1) is 0 Å². The molecule has 1 aromatic rings. The Kier molecular flexibility index (Phi) is 6.21. The molecule has 1 unspecified atom stereocenters. The molecule has 0 heterocycles. The van der Waals surface area contributed by atoms with E-state index >= 15 is 0 Å². The van der Waals surface area contributed by atoms with Crippen LogP contribution in [-0.4, -0.2) is 23.7 Å². The molecule has 0 aliphatic carbocycles. The van der Waals surface area contributed by atoms with Crippen LogP contribution in [-0.2, 0) is 4.79 Å². The average molecular weight is 292 g/mol. The zero-order valence-corrected chi connectivity index (χ0v) is 13.1. The van der Waals surface area contributed by atoms with Gasteiger partial charge < -0.3 is 15.7 Å². The molecule has 1 aromatic carbocycles. The van der Waals surface area contributed by atoms with Crippen LogP contribution in [0.5, 0.6) is 0 Å². The number of carbonyl (C=O) groups excluding carboxylic acids is 1. The first-order valence-electron chi connectivity index (χ1n) is 7.18. The monoisotopic (exact) mass is 292 g/mol. The van der Waals surface area contributed by atoms with E-state index in [-0.39, 0.29) is 18.4 Å². The van der Waals surface area contributed by atoms with E-state index in [2.05, 4.69) is 10.6 Å². The first-order valence-corrected chi connectivity index (χ1v) is 7.18. The summed E-state index contributed by atoms with van der Waals surface area (Å²) >= 11 is 0. The van der Waals surface area contributed by atoms with Crippen LogP contribution in [0.2, 0.25) is 0 Å². The minimum atomic E-state index is -0.839. The summed E-state index contributed by atoms with van der Waals surface area (Å²) in [4.78, 5) is 22.6. The van der Waals surface area contributed by atoms with Gasteiger partial charge in [0.2, 0.25) is 0 Å². The number of hydrogen-bond acceptors (Lipinski definition) is 2. The van der Waals surface area contributed by atoms with E-state index in [0.717, 1.165) is 28.8 Å². The molecule has 0 fully saturated rings. The summed E-state index contributed by atoms with van der Waals surface area (Å²) in [6.07, 6.45) is 0.786. The number of urea groups is 1. The number of nitrogens with one attached hydrogen (secondary N) is 2. The third-order valence-corrected chi connectivity index (χ3v) is 3.51. The number of rotatable bonds is 6. The Bertz CT molecular complexity index is 503. The number of hydrogen-bond donors (Lipinski definition) is 3. The first kappa shape index (κ1) is 17.0. The van der Waals surface area contributed by atoms with Gasteiger partial charge in [-0.05, 0) is 37.8 Å². The summed E-state index contributed by atoms with van der Waals surface area (Å²) < 4.78 is 0. The maximum absolute atomic E-state index is 11.9. The molecule has 3 N–H and O–H groups in total. The van der Waals surface area contributed by atoms with Gasteiger partial charge in [-0.25, -0.2) is 4.79 Å². The largest absolute Gasteiger partial charge is 0.481 e. The lowest BCUT2D eigenvalue weighted by molar-refractivity contribution is -0.138. The second kappa shape index (κ2) is 7.67. The first-order chi connectivity index (χ1) is 9.83. The molecular weight excluding hydrogens is 268 g/mol. The van der Waals surface area contributed by atoms with E-state index in [1.807, 2.05) is 39.8 Å². The van der Waals surface area contributed by atoms with Gasteiger partial charge in [-0.2, -0.15) is 0 Å². The standard InChI is InChI=1S/C16H24N2O3/c1-5-13(8-14(19)20)9-17-16(21)18-15-11(3)6-10(2)7-12(15)4/h6-7,13H,5,8-9H2,1-4H3,(H,19,20)(H2,17,18,21). The quantitative estimate of drug-likeness (QED) is 0.753. The van der Waals surface area contributed by atoms with Crippen molar-refractivity contribution in [2.45, 2.75) is 40.5 Å². The van der Waals surface area contributed by atoms with Gasteiger partial charge in [0.15, 0.2) is 0 Å². The predicted octanol–water partition coefficient (Wildman–Crippen LogP) is 3.23. The van der Waals surface area contributed by atoms with Crippen molar-refractivity contribution in [1.82, 2.24) is 5.32 Å². The maximum Gasteiger partial charge on any atom is 0.319 e. The molecule has 0 spiro atoms. The molecule has 5 heteroatoms. The fourth-order valence-corrected chi connectivity index (χ4v) is 2.38. The maximum atomic E-state index is 11.9. The van der Waals surface area contributed by atoms with Gasteiger partial charge >= 0.3 is 12.0 Å². The summed E-state index contributed by atoms with van der Waals surface area (Å²) in [6, 6.07) is 3.73. The smallest absolute Gasteiger partial charge is 0.319 e. The van der Waals surface area contributed by atoms with Crippen LogP contribution in [0.25, 0.3) is 0 Å². The second-order valence-corrected chi connectivity index (χ2v) is 5.48. The lowest BCUT2D eigenvalue weighted by Crippen LogP contribution is -2.34. The van der Waals surface area contributed by atoms with Crippen molar-refractivity contribution in [1.29, 1.82) is 0 Å². The highest BCUT2D eigenvalue weighted by molar-refractivity contribution is 5.91. The van der Waals surface area contributed by atoms with Crippen molar-refractivity contribution in [2.75, 3.05) is 11.9 Å². The zero-order chi connectivity index (χ0) is 16.0.